The Morgan fingerprint density at radius 3 is 2.65 bits per heavy atom. The molecular weight excluding hydrogens is 254 g/mol. The standard InChI is InChI=1S/C15H25N3O2/c1-15(2,3)20-14(19)17-10-6-5-9-16-12-13-8-7-11-18(13)4/h5-8,11,16H,9-10,12H2,1-4H3,(H,17,19)/b6-5+. The highest BCUT2D eigenvalue weighted by Gasteiger charge is 2.14. The Bertz CT molecular complexity index is 444. The first-order chi connectivity index (χ1) is 9.38. The summed E-state index contributed by atoms with van der Waals surface area (Å²) in [5, 5.41) is 5.98. The van der Waals surface area contributed by atoms with Gasteiger partial charge in [0.2, 0.25) is 0 Å². The molecule has 0 aliphatic carbocycles. The summed E-state index contributed by atoms with van der Waals surface area (Å²) in [6.45, 7) is 7.59. The lowest BCUT2D eigenvalue weighted by molar-refractivity contribution is 0.0534. The van der Waals surface area contributed by atoms with Crippen molar-refractivity contribution >= 4 is 6.09 Å². The zero-order chi connectivity index (χ0) is 15.0. The smallest absolute Gasteiger partial charge is 0.407 e. The molecule has 0 fully saturated rings. The highest BCUT2D eigenvalue weighted by molar-refractivity contribution is 5.67. The van der Waals surface area contributed by atoms with E-state index in [2.05, 4.69) is 21.3 Å². The molecule has 1 aromatic heterocycles. The first kappa shape index (κ1) is 16.3. The van der Waals surface area contributed by atoms with E-state index in [4.69, 9.17) is 4.74 Å². The van der Waals surface area contributed by atoms with Gasteiger partial charge in [-0.1, -0.05) is 12.2 Å². The average Bonchev–Trinajstić information content (AvgIpc) is 2.71. The summed E-state index contributed by atoms with van der Waals surface area (Å²) in [5.74, 6) is 0. The van der Waals surface area contributed by atoms with E-state index in [1.807, 2.05) is 52.2 Å². The first-order valence-corrected chi connectivity index (χ1v) is 6.81. The fraction of sp³-hybridized carbons (Fsp3) is 0.533. The molecule has 0 aromatic carbocycles. The van der Waals surface area contributed by atoms with Crippen LogP contribution in [0.4, 0.5) is 4.79 Å². The van der Waals surface area contributed by atoms with Crippen LogP contribution in [0.2, 0.25) is 0 Å². The number of carbonyl (C=O) groups excluding carboxylic acids is 1. The predicted octanol–water partition coefficient (Wildman–Crippen LogP) is 2.20. The Morgan fingerprint density at radius 2 is 2.05 bits per heavy atom. The number of carbonyl (C=O) groups is 1. The van der Waals surface area contributed by atoms with E-state index in [1.165, 1.54) is 5.69 Å². The Labute approximate surface area is 121 Å². The van der Waals surface area contributed by atoms with E-state index in [9.17, 15) is 4.79 Å². The summed E-state index contributed by atoms with van der Waals surface area (Å²) in [4.78, 5) is 11.4. The van der Waals surface area contributed by atoms with Gasteiger partial charge in [0.1, 0.15) is 5.60 Å². The summed E-state index contributed by atoms with van der Waals surface area (Å²) in [5.41, 5.74) is 0.787. The van der Waals surface area contributed by atoms with E-state index < -0.39 is 5.60 Å². The summed E-state index contributed by atoms with van der Waals surface area (Å²) in [7, 11) is 2.03. The summed E-state index contributed by atoms with van der Waals surface area (Å²) in [6.07, 6.45) is 5.53. The number of rotatable bonds is 6. The van der Waals surface area contributed by atoms with Crippen molar-refractivity contribution in [1.82, 2.24) is 15.2 Å². The van der Waals surface area contributed by atoms with Gasteiger partial charge in [-0.15, -0.1) is 0 Å². The van der Waals surface area contributed by atoms with Crippen LogP contribution in [-0.2, 0) is 18.3 Å². The molecule has 5 heteroatoms. The van der Waals surface area contributed by atoms with Gasteiger partial charge in [0.15, 0.2) is 0 Å². The second-order valence-electron chi connectivity index (χ2n) is 5.60. The maximum atomic E-state index is 11.4. The SMILES string of the molecule is Cn1cccc1CNC/C=C/CNC(=O)OC(C)(C)C. The van der Waals surface area contributed by atoms with Crippen molar-refractivity contribution in [1.29, 1.82) is 0 Å². The van der Waals surface area contributed by atoms with Crippen molar-refractivity contribution in [3.63, 3.8) is 0 Å². The van der Waals surface area contributed by atoms with Crippen LogP contribution in [0.3, 0.4) is 0 Å². The molecule has 0 spiro atoms. The average molecular weight is 279 g/mol. The van der Waals surface area contributed by atoms with E-state index in [0.717, 1.165) is 13.1 Å². The van der Waals surface area contributed by atoms with Crippen molar-refractivity contribution in [3.05, 3.63) is 36.2 Å². The third kappa shape index (κ3) is 6.99. The Kier molecular flexibility index (Phi) is 6.31. The molecule has 2 N–H and O–H groups in total. The lowest BCUT2D eigenvalue weighted by Gasteiger charge is -2.19. The van der Waals surface area contributed by atoms with Gasteiger partial charge in [-0.3, -0.25) is 0 Å². The second kappa shape index (κ2) is 7.75. The molecule has 0 unspecified atom stereocenters. The van der Waals surface area contributed by atoms with E-state index in [1.54, 1.807) is 0 Å². The maximum absolute atomic E-state index is 11.4. The van der Waals surface area contributed by atoms with E-state index in [0.29, 0.717) is 6.54 Å². The lowest BCUT2D eigenvalue weighted by atomic mass is 10.2. The number of nitrogens with zero attached hydrogens (tertiary/aromatic N) is 1. The van der Waals surface area contributed by atoms with Crippen molar-refractivity contribution in [2.24, 2.45) is 7.05 Å². The molecule has 0 saturated carbocycles. The molecule has 1 amide bonds. The van der Waals surface area contributed by atoms with Crippen LogP contribution in [0.1, 0.15) is 26.5 Å². The van der Waals surface area contributed by atoms with Crippen LogP contribution in [0.15, 0.2) is 30.5 Å². The molecule has 0 radical (unpaired) electrons. The van der Waals surface area contributed by atoms with Crippen LogP contribution < -0.4 is 10.6 Å². The van der Waals surface area contributed by atoms with Gasteiger partial charge in [-0.25, -0.2) is 4.79 Å². The second-order valence-corrected chi connectivity index (χ2v) is 5.60. The molecule has 1 aromatic rings. The number of aryl methyl sites for hydroxylation is 1. The van der Waals surface area contributed by atoms with E-state index >= 15 is 0 Å². The van der Waals surface area contributed by atoms with Crippen molar-refractivity contribution in [3.8, 4) is 0 Å². The topological polar surface area (TPSA) is 55.3 Å². The van der Waals surface area contributed by atoms with Gasteiger partial charge < -0.3 is 19.9 Å². The number of nitrogens with one attached hydrogen (secondary N) is 2. The van der Waals surface area contributed by atoms with Gasteiger partial charge in [0.05, 0.1) is 0 Å². The van der Waals surface area contributed by atoms with Crippen LogP contribution in [-0.4, -0.2) is 29.4 Å². The molecule has 0 aliphatic heterocycles. The molecule has 1 heterocycles. The molecule has 1 rings (SSSR count). The summed E-state index contributed by atoms with van der Waals surface area (Å²) < 4.78 is 7.21. The largest absolute Gasteiger partial charge is 0.444 e. The number of hydrogen-bond acceptors (Lipinski definition) is 3. The molecule has 0 atom stereocenters. The van der Waals surface area contributed by atoms with Gasteiger partial charge in [0, 0.05) is 38.6 Å². The quantitative estimate of drug-likeness (QED) is 0.620. The van der Waals surface area contributed by atoms with E-state index in [-0.39, 0.29) is 6.09 Å². The minimum atomic E-state index is -0.454. The Morgan fingerprint density at radius 1 is 1.35 bits per heavy atom. The zero-order valence-electron chi connectivity index (χ0n) is 12.8. The van der Waals surface area contributed by atoms with Crippen molar-refractivity contribution in [2.75, 3.05) is 13.1 Å². The van der Waals surface area contributed by atoms with Gasteiger partial charge >= 0.3 is 6.09 Å². The summed E-state index contributed by atoms with van der Waals surface area (Å²) in [6, 6.07) is 4.11. The fourth-order valence-electron chi connectivity index (χ4n) is 1.59. The maximum Gasteiger partial charge on any atom is 0.407 e. The molecular formula is C15H25N3O2. The Hall–Kier alpha value is -1.75. The minimum Gasteiger partial charge on any atom is -0.444 e. The predicted molar refractivity (Wildman–Crippen MR) is 80.5 cm³/mol. The van der Waals surface area contributed by atoms with Crippen molar-refractivity contribution < 1.29 is 9.53 Å². The van der Waals surface area contributed by atoms with Gasteiger partial charge in [-0.05, 0) is 32.9 Å². The lowest BCUT2D eigenvalue weighted by Crippen LogP contribution is -2.32. The zero-order valence-corrected chi connectivity index (χ0v) is 12.8. The summed E-state index contributed by atoms with van der Waals surface area (Å²) >= 11 is 0. The number of aromatic nitrogens is 1. The monoisotopic (exact) mass is 279 g/mol. The fourth-order valence-corrected chi connectivity index (χ4v) is 1.59. The van der Waals surface area contributed by atoms with Crippen LogP contribution in [0.25, 0.3) is 0 Å². The molecule has 0 aliphatic rings. The van der Waals surface area contributed by atoms with Crippen LogP contribution in [0, 0.1) is 0 Å². The van der Waals surface area contributed by atoms with Gasteiger partial charge in [-0.2, -0.15) is 0 Å². The molecule has 0 saturated heterocycles. The molecule has 5 nitrogen and oxygen atoms in total. The third-order valence-electron chi connectivity index (χ3n) is 2.55. The number of alkyl carbamates (subject to hydrolysis) is 1. The highest BCUT2D eigenvalue weighted by Crippen LogP contribution is 2.06. The third-order valence-corrected chi connectivity index (χ3v) is 2.55. The molecule has 0 bridgehead atoms. The van der Waals surface area contributed by atoms with Crippen LogP contribution >= 0.6 is 0 Å². The minimum absolute atomic E-state index is 0.390. The van der Waals surface area contributed by atoms with Gasteiger partial charge in [0.25, 0.3) is 0 Å². The normalized spacial score (nSPS) is 11.8. The Balaban J connectivity index is 2.08. The number of amides is 1. The van der Waals surface area contributed by atoms with Crippen LogP contribution in [0.5, 0.6) is 0 Å². The molecule has 112 valence electrons. The number of hydrogen-bond donors (Lipinski definition) is 2. The molecule has 20 heavy (non-hydrogen) atoms. The first-order valence-electron chi connectivity index (χ1n) is 6.81. The van der Waals surface area contributed by atoms with Crippen molar-refractivity contribution in [2.45, 2.75) is 32.9 Å². The number of ether oxygens (including phenoxy) is 1. The highest BCUT2D eigenvalue weighted by atomic mass is 16.6.